The lowest BCUT2D eigenvalue weighted by molar-refractivity contribution is 0.137. The number of carbonyl (C=O) groups excluding carboxylic acids is 1. The van der Waals surface area contributed by atoms with E-state index < -0.39 is 0 Å². The number of pyridine rings is 1. The molecule has 132 valence electrons. The predicted molar refractivity (Wildman–Crippen MR) is 96.3 cm³/mol. The second kappa shape index (κ2) is 7.83. The fraction of sp³-hybridized carbons (Fsp3) is 0.667. The van der Waals surface area contributed by atoms with E-state index in [-0.39, 0.29) is 12.1 Å². The summed E-state index contributed by atoms with van der Waals surface area (Å²) in [6, 6.07) is 6.88. The van der Waals surface area contributed by atoms with E-state index in [1.54, 1.807) is 0 Å². The van der Waals surface area contributed by atoms with Crippen molar-refractivity contribution in [2.24, 2.45) is 0 Å². The van der Waals surface area contributed by atoms with Gasteiger partial charge < -0.3 is 20.0 Å². The van der Waals surface area contributed by atoms with Gasteiger partial charge in [-0.25, -0.2) is 9.78 Å². The van der Waals surface area contributed by atoms with Crippen LogP contribution in [0.3, 0.4) is 0 Å². The Morgan fingerprint density at radius 3 is 2.67 bits per heavy atom. The molecule has 2 fully saturated rings. The smallest absolute Gasteiger partial charge is 0.317 e. The molecule has 1 aromatic rings. The number of likely N-dealkylation sites (tertiary alicyclic amines) is 1. The molecule has 2 amide bonds. The summed E-state index contributed by atoms with van der Waals surface area (Å²) >= 11 is 0. The highest BCUT2D eigenvalue weighted by Crippen LogP contribution is 2.18. The molecule has 6 heteroatoms. The molecule has 0 aliphatic carbocycles. The van der Waals surface area contributed by atoms with Crippen molar-refractivity contribution in [3.63, 3.8) is 0 Å². The van der Waals surface area contributed by atoms with E-state index in [0.717, 1.165) is 51.3 Å². The molecule has 2 aliphatic rings. The van der Waals surface area contributed by atoms with Crippen LogP contribution in [0.4, 0.5) is 10.6 Å². The fourth-order valence-corrected chi connectivity index (χ4v) is 3.62. The normalized spacial score (nSPS) is 22.7. The van der Waals surface area contributed by atoms with Gasteiger partial charge in [-0.2, -0.15) is 0 Å². The van der Waals surface area contributed by atoms with Crippen LogP contribution >= 0.6 is 0 Å². The van der Waals surface area contributed by atoms with Crippen LogP contribution in [0.25, 0.3) is 0 Å². The van der Waals surface area contributed by atoms with E-state index >= 15 is 0 Å². The Morgan fingerprint density at radius 1 is 1.21 bits per heavy atom. The molecule has 1 N–H and O–H groups in total. The molecule has 1 atom stereocenters. The van der Waals surface area contributed by atoms with Crippen LogP contribution < -0.4 is 10.2 Å². The number of carbonyl (C=O) groups is 1. The van der Waals surface area contributed by atoms with E-state index in [4.69, 9.17) is 0 Å². The molecule has 0 spiro atoms. The largest absolute Gasteiger partial charge is 0.356 e. The van der Waals surface area contributed by atoms with Gasteiger partial charge in [-0.1, -0.05) is 6.07 Å². The SMILES string of the molecule is CN(C)[C@H]1CCCN(C(=O)NC2CCN(c3ccccn3)CC2)C1. The molecule has 2 aliphatic heterocycles. The first-order valence-corrected chi connectivity index (χ1v) is 9.01. The number of nitrogens with zero attached hydrogens (tertiary/aromatic N) is 4. The topological polar surface area (TPSA) is 51.7 Å². The lowest BCUT2D eigenvalue weighted by Gasteiger charge is -2.38. The minimum atomic E-state index is 0.109. The van der Waals surface area contributed by atoms with E-state index in [1.807, 2.05) is 29.3 Å². The summed E-state index contributed by atoms with van der Waals surface area (Å²) in [5.74, 6) is 1.03. The maximum atomic E-state index is 12.6. The van der Waals surface area contributed by atoms with Gasteiger partial charge >= 0.3 is 6.03 Å². The van der Waals surface area contributed by atoms with Crippen molar-refractivity contribution in [3.05, 3.63) is 24.4 Å². The van der Waals surface area contributed by atoms with Gasteiger partial charge in [0.15, 0.2) is 0 Å². The van der Waals surface area contributed by atoms with Crippen LogP contribution in [0.5, 0.6) is 0 Å². The van der Waals surface area contributed by atoms with Gasteiger partial charge in [0.2, 0.25) is 0 Å². The number of hydrogen-bond donors (Lipinski definition) is 1. The summed E-state index contributed by atoms with van der Waals surface area (Å²) in [7, 11) is 4.19. The molecule has 2 saturated heterocycles. The Balaban J connectivity index is 1.46. The van der Waals surface area contributed by atoms with E-state index in [0.29, 0.717) is 6.04 Å². The standard InChI is InChI=1S/C18H29N5O/c1-21(2)16-6-5-11-23(14-16)18(24)20-15-8-12-22(13-9-15)17-7-3-4-10-19-17/h3-4,7,10,15-16H,5-6,8-9,11-14H2,1-2H3,(H,20,24)/t16-/m0/s1. The third kappa shape index (κ3) is 4.17. The van der Waals surface area contributed by atoms with Crippen LogP contribution in [-0.4, -0.2) is 73.2 Å². The predicted octanol–water partition coefficient (Wildman–Crippen LogP) is 1.79. The Hall–Kier alpha value is -1.82. The van der Waals surface area contributed by atoms with Gasteiger partial charge in [0.05, 0.1) is 0 Å². The van der Waals surface area contributed by atoms with E-state index in [1.165, 1.54) is 6.42 Å². The molecule has 6 nitrogen and oxygen atoms in total. The lowest BCUT2D eigenvalue weighted by atomic mass is 10.0. The van der Waals surface area contributed by atoms with Crippen molar-refractivity contribution in [1.82, 2.24) is 20.1 Å². The van der Waals surface area contributed by atoms with Gasteiger partial charge in [-0.3, -0.25) is 0 Å². The van der Waals surface area contributed by atoms with Crippen molar-refractivity contribution in [2.75, 3.05) is 45.2 Å². The first-order chi connectivity index (χ1) is 11.6. The van der Waals surface area contributed by atoms with Crippen LogP contribution in [0.1, 0.15) is 25.7 Å². The van der Waals surface area contributed by atoms with Crippen molar-refractivity contribution in [1.29, 1.82) is 0 Å². The lowest BCUT2D eigenvalue weighted by Crippen LogP contribution is -2.54. The molecule has 3 rings (SSSR count). The zero-order valence-electron chi connectivity index (χ0n) is 14.8. The second-order valence-corrected chi connectivity index (χ2v) is 7.10. The number of amides is 2. The van der Waals surface area contributed by atoms with Crippen LogP contribution in [-0.2, 0) is 0 Å². The Labute approximate surface area is 144 Å². The number of nitrogens with one attached hydrogen (secondary N) is 1. The van der Waals surface area contributed by atoms with Crippen molar-refractivity contribution in [2.45, 2.75) is 37.8 Å². The maximum Gasteiger partial charge on any atom is 0.317 e. The summed E-state index contributed by atoms with van der Waals surface area (Å²) in [5.41, 5.74) is 0. The number of rotatable bonds is 3. The average Bonchev–Trinajstić information content (AvgIpc) is 2.63. The van der Waals surface area contributed by atoms with Gasteiger partial charge in [0.25, 0.3) is 0 Å². The Bertz CT molecular complexity index is 527. The first kappa shape index (κ1) is 17.0. The highest BCUT2D eigenvalue weighted by atomic mass is 16.2. The van der Waals surface area contributed by atoms with Crippen molar-refractivity contribution in [3.8, 4) is 0 Å². The maximum absolute atomic E-state index is 12.6. The zero-order valence-corrected chi connectivity index (χ0v) is 14.8. The van der Waals surface area contributed by atoms with Crippen molar-refractivity contribution < 1.29 is 4.79 Å². The number of piperidine rings is 2. The van der Waals surface area contributed by atoms with Gasteiger partial charge in [-0.05, 0) is 51.9 Å². The van der Waals surface area contributed by atoms with Crippen LogP contribution in [0.2, 0.25) is 0 Å². The summed E-state index contributed by atoms with van der Waals surface area (Å²) in [6.45, 7) is 3.61. The molecule has 0 bridgehead atoms. The minimum absolute atomic E-state index is 0.109. The second-order valence-electron chi connectivity index (χ2n) is 7.10. The Kier molecular flexibility index (Phi) is 5.56. The summed E-state index contributed by atoms with van der Waals surface area (Å²) in [6.07, 6.45) is 6.06. The fourth-order valence-electron chi connectivity index (χ4n) is 3.62. The minimum Gasteiger partial charge on any atom is -0.356 e. The summed E-state index contributed by atoms with van der Waals surface area (Å²) < 4.78 is 0. The number of aromatic nitrogens is 1. The molecule has 0 radical (unpaired) electrons. The van der Waals surface area contributed by atoms with E-state index in [2.05, 4.69) is 34.2 Å². The van der Waals surface area contributed by atoms with Gasteiger partial charge in [-0.15, -0.1) is 0 Å². The first-order valence-electron chi connectivity index (χ1n) is 9.01. The third-order valence-electron chi connectivity index (χ3n) is 5.21. The van der Waals surface area contributed by atoms with Gasteiger partial charge in [0.1, 0.15) is 5.82 Å². The average molecular weight is 331 g/mol. The summed E-state index contributed by atoms with van der Waals surface area (Å²) in [5, 5.41) is 3.24. The highest BCUT2D eigenvalue weighted by molar-refractivity contribution is 5.74. The van der Waals surface area contributed by atoms with Gasteiger partial charge in [0, 0.05) is 44.5 Å². The molecule has 0 saturated carbocycles. The number of anilines is 1. The molecule has 0 unspecified atom stereocenters. The molecule has 1 aromatic heterocycles. The zero-order chi connectivity index (χ0) is 16.9. The molecule has 24 heavy (non-hydrogen) atoms. The van der Waals surface area contributed by atoms with Crippen LogP contribution in [0, 0.1) is 0 Å². The quantitative estimate of drug-likeness (QED) is 0.917. The number of urea groups is 1. The van der Waals surface area contributed by atoms with E-state index in [9.17, 15) is 4.79 Å². The molecular formula is C18H29N5O. The molecular weight excluding hydrogens is 302 g/mol. The number of likely N-dealkylation sites (N-methyl/N-ethyl adjacent to an activating group) is 1. The monoisotopic (exact) mass is 331 g/mol. The Morgan fingerprint density at radius 2 is 2.00 bits per heavy atom. The third-order valence-corrected chi connectivity index (χ3v) is 5.21. The summed E-state index contributed by atoms with van der Waals surface area (Å²) in [4.78, 5) is 23.5. The van der Waals surface area contributed by atoms with Crippen molar-refractivity contribution >= 4 is 11.8 Å². The van der Waals surface area contributed by atoms with Crippen LogP contribution in [0.15, 0.2) is 24.4 Å². The molecule has 0 aromatic carbocycles. The highest BCUT2D eigenvalue weighted by Gasteiger charge is 2.27. The number of hydrogen-bond acceptors (Lipinski definition) is 4. The molecule has 3 heterocycles.